The molecule has 7 heteroatoms. The zero-order valence-corrected chi connectivity index (χ0v) is 9.66. The van der Waals surface area contributed by atoms with Crippen LogP contribution in [0.25, 0.3) is 0 Å². The molecular formula is C8H5ClO4S2. The summed E-state index contributed by atoms with van der Waals surface area (Å²) < 4.78 is 32.4. The van der Waals surface area contributed by atoms with Crippen LogP contribution in [0, 0.1) is 0 Å². The monoisotopic (exact) mass is 264 g/mol. The second kappa shape index (κ2) is 3.62. The van der Waals surface area contributed by atoms with E-state index in [1.807, 2.05) is 0 Å². The Morgan fingerprint density at radius 1 is 1.40 bits per heavy atom. The minimum absolute atomic E-state index is 0.0904. The van der Waals surface area contributed by atoms with Crippen LogP contribution in [-0.4, -0.2) is 13.7 Å². The van der Waals surface area contributed by atoms with Crippen molar-refractivity contribution in [3.63, 3.8) is 0 Å². The third-order valence-electron chi connectivity index (χ3n) is 1.85. The molecule has 0 aliphatic carbocycles. The molecule has 0 radical (unpaired) electrons. The number of ether oxygens (including phenoxy) is 2. The van der Waals surface area contributed by atoms with Crippen molar-refractivity contribution in [1.29, 1.82) is 0 Å². The molecule has 80 valence electrons. The van der Waals surface area contributed by atoms with E-state index in [4.69, 9.17) is 20.2 Å². The molecule has 0 atom stereocenters. The van der Waals surface area contributed by atoms with Crippen LogP contribution in [0.3, 0.4) is 0 Å². The predicted octanol–water partition coefficient (Wildman–Crippen LogP) is 1.81. The number of hydrogen-bond donors (Lipinski definition) is 0. The Balaban J connectivity index is 2.64. The van der Waals surface area contributed by atoms with Crippen LogP contribution in [-0.2, 0) is 20.4 Å². The molecule has 15 heavy (non-hydrogen) atoms. The Hall–Kier alpha value is -0.850. The standard InChI is InChI=1S/C8H5ClO4S2/c9-15(10,11)6-3-1-2-5-4-12-8(14)13-7(5)6/h1-3H,4H2. The first kappa shape index (κ1) is 10.7. The molecule has 0 aromatic heterocycles. The fraction of sp³-hybridized carbons (Fsp3) is 0.125. The lowest BCUT2D eigenvalue weighted by atomic mass is 10.2. The molecule has 0 spiro atoms. The highest BCUT2D eigenvalue weighted by atomic mass is 35.7. The molecule has 0 saturated carbocycles. The van der Waals surface area contributed by atoms with E-state index in [9.17, 15) is 8.42 Å². The Morgan fingerprint density at radius 3 is 2.80 bits per heavy atom. The van der Waals surface area contributed by atoms with E-state index in [1.54, 1.807) is 12.1 Å². The molecule has 2 rings (SSSR count). The molecule has 1 aromatic carbocycles. The van der Waals surface area contributed by atoms with Crippen LogP contribution in [0.5, 0.6) is 5.75 Å². The number of halogens is 1. The average Bonchev–Trinajstić information content (AvgIpc) is 2.15. The van der Waals surface area contributed by atoms with Crippen molar-refractivity contribution in [1.82, 2.24) is 0 Å². The maximum atomic E-state index is 11.2. The van der Waals surface area contributed by atoms with Crippen LogP contribution in [0.15, 0.2) is 23.1 Å². The third-order valence-corrected chi connectivity index (χ3v) is 3.40. The fourth-order valence-electron chi connectivity index (χ4n) is 1.23. The van der Waals surface area contributed by atoms with Crippen LogP contribution in [0.2, 0.25) is 0 Å². The van der Waals surface area contributed by atoms with Gasteiger partial charge in [0.15, 0.2) is 5.75 Å². The summed E-state index contributed by atoms with van der Waals surface area (Å²) in [4.78, 5) is -0.0904. The van der Waals surface area contributed by atoms with Crippen molar-refractivity contribution in [2.45, 2.75) is 11.5 Å². The van der Waals surface area contributed by atoms with Crippen molar-refractivity contribution < 1.29 is 17.9 Å². The largest absolute Gasteiger partial charge is 0.452 e. The topological polar surface area (TPSA) is 52.6 Å². The van der Waals surface area contributed by atoms with Gasteiger partial charge in [-0.3, -0.25) is 0 Å². The Bertz CT molecular complexity index is 523. The molecule has 0 saturated heterocycles. The quantitative estimate of drug-likeness (QED) is 0.572. The van der Waals surface area contributed by atoms with E-state index < -0.39 is 9.05 Å². The molecule has 0 amide bonds. The number of para-hydroxylation sites is 1. The van der Waals surface area contributed by atoms with Crippen molar-refractivity contribution in [2.24, 2.45) is 0 Å². The predicted molar refractivity (Wildman–Crippen MR) is 57.5 cm³/mol. The Morgan fingerprint density at radius 2 is 2.13 bits per heavy atom. The molecule has 0 fully saturated rings. The van der Waals surface area contributed by atoms with Gasteiger partial charge in [-0.05, 0) is 6.07 Å². The average molecular weight is 265 g/mol. The van der Waals surface area contributed by atoms with E-state index >= 15 is 0 Å². The van der Waals surface area contributed by atoms with Gasteiger partial charge in [0.1, 0.15) is 11.5 Å². The van der Waals surface area contributed by atoms with E-state index in [2.05, 4.69) is 12.2 Å². The molecule has 1 heterocycles. The van der Waals surface area contributed by atoms with Crippen molar-refractivity contribution in [3.05, 3.63) is 23.8 Å². The smallest absolute Gasteiger partial charge is 0.358 e. The SMILES string of the molecule is O=S(=O)(Cl)c1cccc2c1OC(=S)OC2. The molecule has 0 bridgehead atoms. The number of fused-ring (bicyclic) bond motifs is 1. The summed E-state index contributed by atoms with van der Waals surface area (Å²) in [5, 5.41) is -0.102. The molecule has 1 aliphatic rings. The van der Waals surface area contributed by atoms with Gasteiger partial charge in [-0.25, -0.2) is 8.42 Å². The first-order valence-corrected chi connectivity index (χ1v) is 6.61. The highest BCUT2D eigenvalue weighted by Gasteiger charge is 2.24. The van der Waals surface area contributed by atoms with Gasteiger partial charge in [-0.2, -0.15) is 0 Å². The summed E-state index contributed by atoms with van der Waals surface area (Å²) in [6, 6.07) is 4.60. The van der Waals surface area contributed by atoms with Crippen molar-refractivity contribution in [2.75, 3.05) is 0 Å². The molecule has 0 unspecified atom stereocenters. The molecule has 1 aliphatic heterocycles. The maximum Gasteiger partial charge on any atom is 0.358 e. The summed E-state index contributed by atoms with van der Waals surface area (Å²) in [7, 11) is 1.42. The highest BCUT2D eigenvalue weighted by Crippen LogP contribution is 2.33. The van der Waals surface area contributed by atoms with Gasteiger partial charge in [0, 0.05) is 28.5 Å². The van der Waals surface area contributed by atoms with E-state index in [0.717, 1.165) is 0 Å². The van der Waals surface area contributed by atoms with E-state index in [0.29, 0.717) is 5.56 Å². The van der Waals surface area contributed by atoms with E-state index in [-0.39, 0.29) is 22.5 Å². The Labute approximate surface area is 96.2 Å². The van der Waals surface area contributed by atoms with Gasteiger partial charge < -0.3 is 9.47 Å². The number of hydrogen-bond acceptors (Lipinski definition) is 5. The van der Waals surface area contributed by atoms with Gasteiger partial charge in [0.05, 0.1) is 0 Å². The zero-order valence-electron chi connectivity index (χ0n) is 7.27. The second-order valence-corrected chi connectivity index (χ2v) is 5.69. The zero-order chi connectivity index (χ0) is 11.1. The highest BCUT2D eigenvalue weighted by molar-refractivity contribution is 8.13. The van der Waals surface area contributed by atoms with E-state index in [1.165, 1.54) is 6.07 Å². The molecule has 4 nitrogen and oxygen atoms in total. The first-order chi connectivity index (χ1) is 6.98. The molecule has 0 N–H and O–H groups in total. The maximum absolute atomic E-state index is 11.2. The van der Waals surface area contributed by atoms with Crippen LogP contribution < -0.4 is 4.74 Å². The van der Waals surface area contributed by atoms with Gasteiger partial charge in [-0.1, -0.05) is 12.1 Å². The lowest BCUT2D eigenvalue weighted by Crippen LogP contribution is -2.18. The van der Waals surface area contributed by atoms with Crippen LogP contribution >= 0.6 is 22.9 Å². The Kier molecular flexibility index (Phi) is 2.57. The van der Waals surface area contributed by atoms with Gasteiger partial charge in [-0.15, -0.1) is 0 Å². The minimum Gasteiger partial charge on any atom is -0.452 e. The number of benzene rings is 1. The summed E-state index contributed by atoms with van der Waals surface area (Å²) >= 11 is 4.68. The van der Waals surface area contributed by atoms with Crippen LogP contribution in [0.4, 0.5) is 0 Å². The van der Waals surface area contributed by atoms with Gasteiger partial charge in [0.25, 0.3) is 9.05 Å². The summed E-state index contributed by atoms with van der Waals surface area (Å²) in [5.41, 5.74) is 0.602. The second-order valence-electron chi connectivity index (χ2n) is 2.82. The third kappa shape index (κ3) is 2.06. The van der Waals surface area contributed by atoms with Crippen LogP contribution in [0.1, 0.15) is 5.56 Å². The number of rotatable bonds is 1. The lowest BCUT2D eigenvalue weighted by Gasteiger charge is -2.19. The summed E-state index contributed by atoms with van der Waals surface area (Å²) in [6.45, 7) is 0.189. The normalized spacial score (nSPS) is 15.1. The van der Waals surface area contributed by atoms with Crippen molar-refractivity contribution in [3.8, 4) is 5.75 Å². The summed E-state index contributed by atoms with van der Waals surface area (Å²) in [6.07, 6.45) is 0. The summed E-state index contributed by atoms with van der Waals surface area (Å²) in [5.74, 6) is 0.156. The fourth-order valence-corrected chi connectivity index (χ4v) is 2.37. The number of thiocarbonyl (C=S) groups is 1. The lowest BCUT2D eigenvalue weighted by molar-refractivity contribution is 0.208. The van der Waals surface area contributed by atoms with Gasteiger partial charge in [0.2, 0.25) is 0 Å². The van der Waals surface area contributed by atoms with Crippen molar-refractivity contribution >= 4 is 37.2 Å². The first-order valence-electron chi connectivity index (χ1n) is 3.89. The molecular weight excluding hydrogens is 260 g/mol. The van der Waals surface area contributed by atoms with Gasteiger partial charge >= 0.3 is 5.24 Å². The minimum atomic E-state index is -3.84. The molecule has 1 aromatic rings.